The van der Waals surface area contributed by atoms with Gasteiger partial charge in [0, 0.05) is 16.1 Å². The summed E-state index contributed by atoms with van der Waals surface area (Å²) in [6, 6.07) is 12.1. The van der Waals surface area contributed by atoms with Crippen molar-refractivity contribution in [1.82, 2.24) is 5.32 Å². The third-order valence-corrected chi connectivity index (χ3v) is 3.85. The number of nitrogens with one attached hydrogen (secondary N) is 2. The zero-order valence-electron chi connectivity index (χ0n) is 14.7. The maximum absolute atomic E-state index is 12.0. The highest BCUT2D eigenvalue weighted by Crippen LogP contribution is 2.23. The Morgan fingerprint density at radius 2 is 1.82 bits per heavy atom. The first kappa shape index (κ1) is 19.2. The predicted molar refractivity (Wildman–Crippen MR) is 102 cm³/mol. The maximum atomic E-state index is 12.0. The van der Waals surface area contributed by atoms with E-state index in [0.29, 0.717) is 27.4 Å². The van der Waals surface area contributed by atoms with Gasteiger partial charge in [-0.1, -0.05) is 11.6 Å². The number of hydrogen-bond acceptors (Lipinski definition) is 6. The molecule has 0 atom stereocenters. The first-order valence-corrected chi connectivity index (χ1v) is 8.43. The first-order chi connectivity index (χ1) is 13.4. The van der Waals surface area contributed by atoms with Crippen LogP contribution < -0.4 is 15.4 Å². The number of imide groups is 1. The van der Waals surface area contributed by atoms with Gasteiger partial charge in [-0.2, -0.15) is 0 Å². The molecule has 0 aliphatic heterocycles. The fourth-order valence-electron chi connectivity index (χ4n) is 2.32. The van der Waals surface area contributed by atoms with Gasteiger partial charge in [-0.25, -0.2) is 9.59 Å². The van der Waals surface area contributed by atoms with Gasteiger partial charge in [-0.15, -0.1) is 0 Å². The van der Waals surface area contributed by atoms with E-state index in [2.05, 4.69) is 10.6 Å². The molecular formula is C19H15ClN2O6. The smallest absolute Gasteiger partial charge is 0.374 e. The van der Waals surface area contributed by atoms with E-state index >= 15 is 0 Å². The number of rotatable bonds is 5. The number of methoxy groups -OCH3 is 1. The molecule has 0 bridgehead atoms. The third-order valence-electron chi connectivity index (χ3n) is 3.61. The van der Waals surface area contributed by atoms with E-state index in [0.717, 1.165) is 0 Å². The van der Waals surface area contributed by atoms with Crippen molar-refractivity contribution < 1.29 is 28.3 Å². The van der Waals surface area contributed by atoms with Crippen molar-refractivity contribution in [3.63, 3.8) is 0 Å². The van der Waals surface area contributed by atoms with E-state index < -0.39 is 24.5 Å². The number of furan rings is 1. The van der Waals surface area contributed by atoms with Crippen LogP contribution in [0.3, 0.4) is 0 Å². The minimum Gasteiger partial charge on any atom is -0.497 e. The predicted octanol–water partition coefficient (Wildman–Crippen LogP) is 3.60. The Morgan fingerprint density at radius 3 is 2.54 bits per heavy atom. The molecule has 3 aromatic rings. The molecule has 2 aromatic carbocycles. The number of halogens is 1. The SMILES string of the molecule is COc1ccc(NC(=O)NC(=O)COC(=O)c2cc3cc(Cl)ccc3o2)cc1. The molecule has 0 fully saturated rings. The highest BCUT2D eigenvalue weighted by atomic mass is 35.5. The Kier molecular flexibility index (Phi) is 5.81. The summed E-state index contributed by atoms with van der Waals surface area (Å²) < 4.78 is 15.2. The number of fused-ring (bicyclic) bond motifs is 1. The van der Waals surface area contributed by atoms with Gasteiger partial charge in [0.1, 0.15) is 11.3 Å². The molecule has 0 saturated heterocycles. The number of benzene rings is 2. The maximum Gasteiger partial charge on any atom is 0.374 e. The molecule has 0 aliphatic carbocycles. The lowest BCUT2D eigenvalue weighted by Gasteiger charge is -2.07. The van der Waals surface area contributed by atoms with Gasteiger partial charge in [0.05, 0.1) is 7.11 Å². The zero-order chi connectivity index (χ0) is 20.1. The Hall–Kier alpha value is -3.52. The number of anilines is 1. The van der Waals surface area contributed by atoms with Gasteiger partial charge < -0.3 is 19.2 Å². The standard InChI is InChI=1S/C19H15ClN2O6/c1-26-14-5-3-13(4-6-14)21-19(25)22-17(23)10-27-18(24)16-9-11-8-12(20)2-7-15(11)28-16/h2-9H,10H2,1H3,(H2,21,22,23,25). The average Bonchev–Trinajstić information content (AvgIpc) is 3.10. The molecule has 144 valence electrons. The topological polar surface area (TPSA) is 107 Å². The summed E-state index contributed by atoms with van der Waals surface area (Å²) in [5.74, 6) is -1.08. The molecule has 3 rings (SSSR count). The molecule has 0 spiro atoms. The highest BCUT2D eigenvalue weighted by Gasteiger charge is 2.16. The minimum atomic E-state index is -0.835. The van der Waals surface area contributed by atoms with Crippen LogP contribution >= 0.6 is 11.6 Å². The fraction of sp³-hybridized carbons (Fsp3) is 0.105. The van der Waals surface area contributed by atoms with Crippen molar-refractivity contribution in [3.05, 3.63) is 59.3 Å². The molecule has 2 N–H and O–H groups in total. The summed E-state index contributed by atoms with van der Waals surface area (Å²) in [6.07, 6.45) is 0. The summed E-state index contributed by atoms with van der Waals surface area (Å²) in [7, 11) is 1.52. The van der Waals surface area contributed by atoms with Crippen molar-refractivity contribution in [2.75, 3.05) is 19.0 Å². The van der Waals surface area contributed by atoms with E-state index in [-0.39, 0.29) is 5.76 Å². The van der Waals surface area contributed by atoms with Gasteiger partial charge in [-0.05, 0) is 48.5 Å². The summed E-state index contributed by atoms with van der Waals surface area (Å²) in [5, 5.41) is 5.64. The Labute approximate surface area is 164 Å². The van der Waals surface area contributed by atoms with Crippen LogP contribution in [0.25, 0.3) is 11.0 Å². The molecule has 1 aromatic heterocycles. The number of hydrogen-bond donors (Lipinski definition) is 2. The molecule has 0 radical (unpaired) electrons. The highest BCUT2D eigenvalue weighted by molar-refractivity contribution is 6.31. The van der Waals surface area contributed by atoms with Crippen molar-refractivity contribution in [3.8, 4) is 5.75 Å². The van der Waals surface area contributed by atoms with Crippen molar-refractivity contribution >= 4 is 46.2 Å². The van der Waals surface area contributed by atoms with Gasteiger partial charge in [0.25, 0.3) is 5.91 Å². The molecule has 0 saturated carbocycles. The number of urea groups is 1. The normalized spacial score (nSPS) is 10.4. The van der Waals surface area contributed by atoms with Crippen LogP contribution in [0.1, 0.15) is 10.6 Å². The van der Waals surface area contributed by atoms with Gasteiger partial charge in [0.15, 0.2) is 6.61 Å². The quantitative estimate of drug-likeness (QED) is 0.631. The molecule has 1 heterocycles. The molecule has 8 nitrogen and oxygen atoms in total. The lowest BCUT2D eigenvalue weighted by atomic mass is 10.2. The van der Waals surface area contributed by atoms with Gasteiger partial charge in [-0.3, -0.25) is 10.1 Å². The molecule has 0 unspecified atom stereocenters. The van der Waals surface area contributed by atoms with Crippen LogP contribution in [0.5, 0.6) is 5.75 Å². The summed E-state index contributed by atoms with van der Waals surface area (Å²) >= 11 is 5.88. The van der Waals surface area contributed by atoms with E-state index in [9.17, 15) is 14.4 Å². The van der Waals surface area contributed by atoms with E-state index in [1.807, 2.05) is 0 Å². The second-order valence-corrected chi connectivity index (χ2v) is 6.04. The fourth-order valence-corrected chi connectivity index (χ4v) is 2.50. The van der Waals surface area contributed by atoms with Crippen LogP contribution in [0.4, 0.5) is 10.5 Å². The molecule has 28 heavy (non-hydrogen) atoms. The number of ether oxygens (including phenoxy) is 2. The second-order valence-electron chi connectivity index (χ2n) is 5.60. The van der Waals surface area contributed by atoms with E-state index in [1.165, 1.54) is 13.2 Å². The Morgan fingerprint density at radius 1 is 1.07 bits per heavy atom. The minimum absolute atomic E-state index is 0.0762. The summed E-state index contributed by atoms with van der Waals surface area (Å²) in [4.78, 5) is 35.6. The average molecular weight is 403 g/mol. The van der Waals surface area contributed by atoms with Crippen LogP contribution in [0.2, 0.25) is 5.02 Å². The number of carbonyl (C=O) groups is 3. The van der Waals surface area contributed by atoms with Crippen LogP contribution in [-0.4, -0.2) is 31.6 Å². The third kappa shape index (κ3) is 4.80. The van der Waals surface area contributed by atoms with Gasteiger partial charge >= 0.3 is 12.0 Å². The van der Waals surface area contributed by atoms with Crippen molar-refractivity contribution in [2.45, 2.75) is 0 Å². The molecule has 3 amide bonds. The van der Waals surface area contributed by atoms with Crippen molar-refractivity contribution in [2.24, 2.45) is 0 Å². The lowest BCUT2D eigenvalue weighted by Crippen LogP contribution is -2.37. The first-order valence-electron chi connectivity index (χ1n) is 8.06. The Balaban J connectivity index is 1.49. The van der Waals surface area contributed by atoms with Crippen LogP contribution in [0, 0.1) is 0 Å². The van der Waals surface area contributed by atoms with Gasteiger partial charge in [0.2, 0.25) is 5.76 Å². The summed E-state index contributed by atoms with van der Waals surface area (Å²) in [6.45, 7) is -0.646. The largest absolute Gasteiger partial charge is 0.497 e. The monoisotopic (exact) mass is 402 g/mol. The number of amides is 3. The Bertz CT molecular complexity index is 1030. The number of carbonyl (C=O) groups excluding carboxylic acids is 3. The molecule has 0 aliphatic rings. The van der Waals surface area contributed by atoms with Crippen LogP contribution in [0.15, 0.2) is 52.9 Å². The number of esters is 1. The summed E-state index contributed by atoms with van der Waals surface area (Å²) in [5.41, 5.74) is 0.920. The molecular weight excluding hydrogens is 388 g/mol. The van der Waals surface area contributed by atoms with E-state index in [4.69, 9.17) is 25.5 Å². The van der Waals surface area contributed by atoms with Crippen LogP contribution in [-0.2, 0) is 9.53 Å². The molecule has 9 heteroatoms. The lowest BCUT2D eigenvalue weighted by molar-refractivity contribution is -0.123. The van der Waals surface area contributed by atoms with E-state index in [1.54, 1.807) is 42.5 Å². The zero-order valence-corrected chi connectivity index (χ0v) is 15.4. The second kappa shape index (κ2) is 8.45. The van der Waals surface area contributed by atoms with Crippen molar-refractivity contribution in [1.29, 1.82) is 0 Å².